The Hall–Kier alpha value is -2.66. The van der Waals surface area contributed by atoms with Crippen LogP contribution in [0.25, 0.3) is 0 Å². The fourth-order valence-corrected chi connectivity index (χ4v) is 4.10. The lowest BCUT2D eigenvalue weighted by Gasteiger charge is -2.42. The van der Waals surface area contributed by atoms with Gasteiger partial charge in [-0.1, -0.05) is 61.9 Å². The summed E-state index contributed by atoms with van der Waals surface area (Å²) in [6.45, 7) is 5.49. The normalized spacial score (nSPS) is 15.8. The van der Waals surface area contributed by atoms with Crippen LogP contribution >= 0.6 is 0 Å². The Labute approximate surface area is 179 Å². The molecule has 0 aromatic heterocycles. The lowest BCUT2D eigenvalue weighted by atomic mass is 9.64. The van der Waals surface area contributed by atoms with Crippen molar-refractivity contribution in [3.05, 3.63) is 66.2 Å². The molecule has 0 saturated heterocycles. The average molecular weight is 408 g/mol. The van der Waals surface area contributed by atoms with E-state index in [4.69, 9.17) is 0 Å². The maximum atomic E-state index is 12.7. The number of carbonyl (C=O) groups excluding carboxylic acids is 2. The largest absolute Gasteiger partial charge is 0.354 e. The summed E-state index contributed by atoms with van der Waals surface area (Å²) in [5.74, 6) is -0.118. The van der Waals surface area contributed by atoms with Crippen molar-refractivity contribution in [3.8, 4) is 0 Å². The van der Waals surface area contributed by atoms with Gasteiger partial charge in [0, 0.05) is 17.6 Å². The third kappa shape index (κ3) is 5.48. The van der Waals surface area contributed by atoms with E-state index in [9.17, 15) is 9.59 Å². The summed E-state index contributed by atoms with van der Waals surface area (Å²) in [5.41, 5.74) is 2.13. The Morgan fingerprint density at radius 1 is 1.03 bits per heavy atom. The Morgan fingerprint density at radius 3 is 2.23 bits per heavy atom. The number of hydrogen-bond acceptors (Lipinski definition) is 3. The van der Waals surface area contributed by atoms with E-state index in [0.29, 0.717) is 13.1 Å². The van der Waals surface area contributed by atoms with E-state index in [-0.39, 0.29) is 29.8 Å². The van der Waals surface area contributed by atoms with Crippen molar-refractivity contribution in [1.29, 1.82) is 0 Å². The van der Waals surface area contributed by atoms with E-state index in [0.717, 1.165) is 24.9 Å². The van der Waals surface area contributed by atoms with Gasteiger partial charge in [-0.05, 0) is 50.4 Å². The predicted octanol–water partition coefficient (Wildman–Crippen LogP) is 3.96. The average Bonchev–Trinajstić information content (AvgIpc) is 2.73. The Kier molecular flexibility index (Phi) is 7.63. The van der Waals surface area contributed by atoms with Crippen LogP contribution < -0.4 is 10.6 Å². The molecule has 2 N–H and O–H groups in total. The number of hydrogen-bond donors (Lipinski definition) is 2. The van der Waals surface area contributed by atoms with Crippen molar-refractivity contribution < 1.29 is 9.59 Å². The maximum absolute atomic E-state index is 12.7. The van der Waals surface area contributed by atoms with E-state index in [2.05, 4.69) is 41.8 Å². The Bertz CT molecular complexity index is 819. The fraction of sp³-hybridized carbons (Fsp3) is 0.440. The molecule has 1 saturated carbocycles. The summed E-state index contributed by atoms with van der Waals surface area (Å²) in [7, 11) is 0. The molecule has 30 heavy (non-hydrogen) atoms. The highest BCUT2D eigenvalue weighted by Crippen LogP contribution is 2.43. The van der Waals surface area contributed by atoms with E-state index < -0.39 is 0 Å². The molecule has 0 radical (unpaired) electrons. The standard InChI is InChI=1S/C25H33N3O2/c1-3-17-28(20(2)24(30)27-22-13-8-5-9-14-22)18-23(29)26-19-25(15-10-16-25)21-11-6-4-7-12-21/h4-9,11-14,20H,3,10,15-19H2,1-2H3,(H,26,29)(H,27,30). The molecule has 160 valence electrons. The zero-order valence-corrected chi connectivity index (χ0v) is 18.1. The van der Waals surface area contributed by atoms with Crippen LogP contribution in [0.5, 0.6) is 0 Å². The van der Waals surface area contributed by atoms with Crippen molar-refractivity contribution in [2.24, 2.45) is 0 Å². The van der Waals surface area contributed by atoms with Gasteiger partial charge in [0.25, 0.3) is 0 Å². The van der Waals surface area contributed by atoms with E-state index >= 15 is 0 Å². The SMILES string of the molecule is CCCN(CC(=O)NCC1(c2ccccc2)CCC1)C(C)C(=O)Nc1ccccc1. The summed E-state index contributed by atoms with van der Waals surface area (Å²) in [4.78, 5) is 27.4. The first-order chi connectivity index (χ1) is 14.5. The molecule has 2 amide bonds. The predicted molar refractivity (Wildman–Crippen MR) is 121 cm³/mol. The quantitative estimate of drug-likeness (QED) is 0.627. The van der Waals surface area contributed by atoms with Crippen LogP contribution in [0.15, 0.2) is 60.7 Å². The number of benzene rings is 2. The van der Waals surface area contributed by atoms with Crippen LogP contribution in [0.3, 0.4) is 0 Å². The first kappa shape index (κ1) is 22.0. The summed E-state index contributed by atoms with van der Waals surface area (Å²) >= 11 is 0. The molecule has 1 aliphatic rings. The minimum Gasteiger partial charge on any atom is -0.354 e. The molecule has 0 spiro atoms. The van der Waals surface area contributed by atoms with Crippen LogP contribution in [0, 0.1) is 0 Å². The highest BCUT2D eigenvalue weighted by Gasteiger charge is 2.38. The first-order valence-electron chi connectivity index (χ1n) is 11.0. The van der Waals surface area contributed by atoms with Gasteiger partial charge in [0.2, 0.25) is 11.8 Å². The van der Waals surface area contributed by atoms with Crippen LogP contribution in [0.2, 0.25) is 0 Å². The minimum absolute atomic E-state index is 0.0231. The van der Waals surface area contributed by atoms with Crippen molar-refractivity contribution in [3.63, 3.8) is 0 Å². The second-order valence-electron chi connectivity index (χ2n) is 8.28. The molecule has 2 aromatic carbocycles. The van der Waals surface area contributed by atoms with Gasteiger partial charge in [-0.2, -0.15) is 0 Å². The molecule has 0 aliphatic heterocycles. The third-order valence-electron chi connectivity index (χ3n) is 6.15. The van der Waals surface area contributed by atoms with Gasteiger partial charge in [0.05, 0.1) is 12.6 Å². The lowest BCUT2D eigenvalue weighted by molar-refractivity contribution is -0.125. The Balaban J connectivity index is 1.56. The maximum Gasteiger partial charge on any atom is 0.241 e. The van der Waals surface area contributed by atoms with Gasteiger partial charge in [-0.25, -0.2) is 0 Å². The molecular weight excluding hydrogens is 374 g/mol. The summed E-state index contributed by atoms with van der Waals surface area (Å²) in [6.07, 6.45) is 4.28. The van der Waals surface area contributed by atoms with Gasteiger partial charge in [0.1, 0.15) is 0 Å². The molecule has 1 atom stereocenters. The number of carbonyl (C=O) groups is 2. The highest BCUT2D eigenvalue weighted by molar-refractivity contribution is 5.94. The molecular formula is C25H33N3O2. The first-order valence-corrected chi connectivity index (χ1v) is 11.0. The topological polar surface area (TPSA) is 61.4 Å². The van der Waals surface area contributed by atoms with Crippen molar-refractivity contribution in [2.75, 3.05) is 25.0 Å². The van der Waals surface area contributed by atoms with E-state index in [1.165, 1.54) is 12.0 Å². The molecule has 0 bridgehead atoms. The van der Waals surface area contributed by atoms with Crippen LogP contribution in [0.1, 0.15) is 45.1 Å². The molecule has 3 rings (SSSR count). The number of para-hydroxylation sites is 1. The van der Waals surface area contributed by atoms with Crippen molar-refractivity contribution in [2.45, 2.75) is 51.0 Å². The number of anilines is 1. The molecule has 1 unspecified atom stereocenters. The van der Waals surface area contributed by atoms with Gasteiger partial charge >= 0.3 is 0 Å². The number of nitrogens with one attached hydrogen (secondary N) is 2. The van der Waals surface area contributed by atoms with Crippen LogP contribution in [-0.2, 0) is 15.0 Å². The van der Waals surface area contributed by atoms with Crippen molar-refractivity contribution >= 4 is 17.5 Å². The van der Waals surface area contributed by atoms with E-state index in [1.54, 1.807) is 0 Å². The summed E-state index contributed by atoms with van der Waals surface area (Å²) in [5, 5.41) is 6.08. The van der Waals surface area contributed by atoms with E-state index in [1.807, 2.05) is 48.2 Å². The number of nitrogens with zero attached hydrogens (tertiary/aromatic N) is 1. The van der Waals surface area contributed by atoms with Gasteiger partial charge in [-0.3, -0.25) is 14.5 Å². The van der Waals surface area contributed by atoms with Crippen LogP contribution in [-0.4, -0.2) is 42.4 Å². The molecule has 1 fully saturated rings. The summed E-state index contributed by atoms with van der Waals surface area (Å²) in [6, 6.07) is 19.5. The zero-order chi connectivity index (χ0) is 21.4. The van der Waals surface area contributed by atoms with Gasteiger partial charge in [0.15, 0.2) is 0 Å². The van der Waals surface area contributed by atoms with Gasteiger partial charge < -0.3 is 10.6 Å². The highest BCUT2D eigenvalue weighted by atomic mass is 16.2. The molecule has 5 nitrogen and oxygen atoms in total. The fourth-order valence-electron chi connectivity index (χ4n) is 4.10. The number of rotatable bonds is 10. The molecule has 1 aliphatic carbocycles. The molecule has 0 heterocycles. The van der Waals surface area contributed by atoms with Crippen molar-refractivity contribution in [1.82, 2.24) is 10.2 Å². The smallest absolute Gasteiger partial charge is 0.241 e. The van der Waals surface area contributed by atoms with Crippen LogP contribution in [0.4, 0.5) is 5.69 Å². The number of amides is 2. The Morgan fingerprint density at radius 2 is 1.67 bits per heavy atom. The monoisotopic (exact) mass is 407 g/mol. The molecule has 5 heteroatoms. The van der Waals surface area contributed by atoms with Gasteiger partial charge in [-0.15, -0.1) is 0 Å². The second-order valence-corrected chi connectivity index (χ2v) is 8.28. The third-order valence-corrected chi connectivity index (χ3v) is 6.15. The second kappa shape index (κ2) is 10.4. The zero-order valence-electron chi connectivity index (χ0n) is 18.1. The summed E-state index contributed by atoms with van der Waals surface area (Å²) < 4.78 is 0. The lowest BCUT2D eigenvalue weighted by Crippen LogP contribution is -2.50. The minimum atomic E-state index is -0.386. The molecule has 2 aromatic rings.